The predicted octanol–water partition coefficient (Wildman–Crippen LogP) is 3.41. The zero-order chi connectivity index (χ0) is 12.9. The van der Waals surface area contributed by atoms with Crippen LogP contribution >= 0.6 is 31.9 Å². The first-order chi connectivity index (χ1) is 7.43. The summed E-state index contributed by atoms with van der Waals surface area (Å²) in [7, 11) is 0. The van der Waals surface area contributed by atoms with Gasteiger partial charge in [-0.25, -0.2) is 9.59 Å². The van der Waals surface area contributed by atoms with E-state index in [2.05, 4.69) is 45.0 Å². The van der Waals surface area contributed by atoms with Gasteiger partial charge in [0.25, 0.3) is 0 Å². The fourth-order valence-corrected chi connectivity index (χ4v) is 1.90. The highest BCUT2D eigenvalue weighted by Crippen LogP contribution is 2.26. The van der Waals surface area contributed by atoms with Crippen LogP contribution in [0, 0.1) is 0 Å². The first kappa shape index (κ1) is 14.9. The van der Waals surface area contributed by atoms with Crippen LogP contribution in [0.4, 0.5) is 0 Å². The average Bonchev–Trinajstić information content (AvgIpc) is 2.23. The quantitative estimate of drug-likeness (QED) is 0.800. The maximum Gasteiger partial charge on any atom is 0.336 e. The summed E-state index contributed by atoms with van der Waals surface area (Å²) >= 11 is 5.97. The van der Waals surface area contributed by atoms with Gasteiger partial charge >= 0.3 is 11.9 Å². The Kier molecular flexibility index (Phi) is 5.98. The van der Waals surface area contributed by atoms with Crippen LogP contribution < -0.4 is 0 Å². The summed E-state index contributed by atoms with van der Waals surface area (Å²) in [6.45, 7) is 6.00. The molecule has 0 bridgehead atoms. The van der Waals surface area contributed by atoms with Crippen molar-refractivity contribution in [2.45, 2.75) is 0 Å². The van der Waals surface area contributed by atoms with Gasteiger partial charge in [-0.2, -0.15) is 0 Å². The summed E-state index contributed by atoms with van der Waals surface area (Å²) < 4.78 is 0.483. The fraction of sp³-hybridized carbons (Fsp3) is 0. The first-order valence-electron chi connectivity index (χ1n) is 3.89. The second-order valence-electron chi connectivity index (χ2n) is 2.42. The molecule has 0 aliphatic carbocycles. The summed E-state index contributed by atoms with van der Waals surface area (Å²) in [4.78, 5) is 21.3. The van der Waals surface area contributed by atoms with Crippen molar-refractivity contribution in [1.29, 1.82) is 0 Å². The fourth-order valence-electron chi connectivity index (χ4n) is 0.875. The Morgan fingerprint density at radius 3 is 1.38 bits per heavy atom. The second kappa shape index (κ2) is 6.44. The third-order valence-corrected chi connectivity index (χ3v) is 2.83. The van der Waals surface area contributed by atoms with E-state index in [0.29, 0.717) is 0 Å². The number of carboxylic acid groups (broad SMARTS) is 2. The highest BCUT2D eigenvalue weighted by molar-refractivity contribution is 9.11. The topological polar surface area (TPSA) is 74.6 Å². The molecule has 0 radical (unpaired) electrons. The van der Waals surface area contributed by atoms with Crippen molar-refractivity contribution in [1.82, 2.24) is 0 Å². The van der Waals surface area contributed by atoms with Crippen LogP contribution in [-0.4, -0.2) is 22.2 Å². The molecule has 0 atom stereocenters. The van der Waals surface area contributed by atoms with Crippen molar-refractivity contribution in [2.75, 3.05) is 0 Å². The minimum absolute atomic E-state index is 0.0156. The van der Waals surface area contributed by atoms with Crippen LogP contribution in [0.15, 0.2) is 34.2 Å². The van der Waals surface area contributed by atoms with Crippen molar-refractivity contribution >= 4 is 43.8 Å². The lowest BCUT2D eigenvalue weighted by atomic mass is 10.1. The molecule has 4 nitrogen and oxygen atoms in total. The van der Waals surface area contributed by atoms with E-state index in [1.54, 1.807) is 0 Å². The number of carbonyl (C=O) groups is 2. The van der Waals surface area contributed by atoms with Gasteiger partial charge in [0.05, 0.1) is 11.1 Å². The summed E-state index contributed by atoms with van der Waals surface area (Å²) in [6.07, 6.45) is 0. The molecule has 2 N–H and O–H groups in total. The van der Waals surface area contributed by atoms with Crippen LogP contribution in [0.3, 0.4) is 0 Å². The lowest BCUT2D eigenvalue weighted by molar-refractivity contribution is 0.0679. The smallest absolute Gasteiger partial charge is 0.336 e. The Bertz CT molecular complexity index is 389. The molecule has 0 aliphatic rings. The number of aromatic carboxylic acids is 2. The van der Waals surface area contributed by atoms with Gasteiger partial charge in [0, 0.05) is 8.95 Å². The van der Waals surface area contributed by atoms with E-state index in [-0.39, 0.29) is 20.1 Å². The first-order valence-corrected chi connectivity index (χ1v) is 5.47. The molecule has 1 aromatic carbocycles. The van der Waals surface area contributed by atoms with E-state index in [1.165, 1.54) is 12.1 Å². The van der Waals surface area contributed by atoms with Crippen molar-refractivity contribution in [2.24, 2.45) is 0 Å². The molecule has 0 spiro atoms. The van der Waals surface area contributed by atoms with Crippen LogP contribution in [0.1, 0.15) is 20.7 Å². The highest BCUT2D eigenvalue weighted by atomic mass is 79.9. The number of benzene rings is 1. The van der Waals surface area contributed by atoms with Crippen LogP contribution in [0.2, 0.25) is 0 Å². The monoisotopic (exact) mass is 350 g/mol. The van der Waals surface area contributed by atoms with Crippen molar-refractivity contribution in [3.63, 3.8) is 0 Å². The van der Waals surface area contributed by atoms with Gasteiger partial charge in [-0.15, -0.1) is 13.2 Å². The molecule has 6 heteroatoms. The van der Waals surface area contributed by atoms with E-state index in [1.807, 2.05) is 0 Å². The lowest BCUT2D eigenvalue weighted by Gasteiger charge is -2.03. The highest BCUT2D eigenvalue weighted by Gasteiger charge is 2.15. The molecule has 0 amide bonds. The average molecular weight is 352 g/mol. The van der Waals surface area contributed by atoms with Gasteiger partial charge in [0.2, 0.25) is 0 Å². The lowest BCUT2D eigenvalue weighted by Crippen LogP contribution is -2.03. The normalized spacial score (nSPS) is 8.88. The maximum atomic E-state index is 10.7. The molecular weight excluding hydrogens is 344 g/mol. The Labute approximate surface area is 109 Å². The summed E-state index contributed by atoms with van der Waals surface area (Å²) in [5, 5.41) is 17.4. The summed E-state index contributed by atoms with van der Waals surface area (Å²) in [6, 6.07) is 2.49. The zero-order valence-electron chi connectivity index (χ0n) is 8.04. The Hall–Kier alpha value is -1.14. The zero-order valence-corrected chi connectivity index (χ0v) is 11.2. The molecule has 0 aromatic heterocycles. The molecule has 1 aromatic rings. The predicted molar refractivity (Wildman–Crippen MR) is 67.0 cm³/mol. The molecule has 0 unspecified atom stereocenters. The van der Waals surface area contributed by atoms with E-state index >= 15 is 0 Å². The van der Waals surface area contributed by atoms with Gasteiger partial charge < -0.3 is 10.2 Å². The third kappa shape index (κ3) is 3.46. The molecule has 86 valence electrons. The van der Waals surface area contributed by atoms with Crippen LogP contribution in [0.5, 0.6) is 0 Å². The van der Waals surface area contributed by atoms with Gasteiger partial charge in [0.15, 0.2) is 0 Å². The minimum Gasteiger partial charge on any atom is -0.478 e. The number of halogens is 2. The van der Waals surface area contributed by atoms with E-state index < -0.39 is 11.9 Å². The molecule has 0 aliphatic heterocycles. The van der Waals surface area contributed by atoms with E-state index in [0.717, 1.165) is 0 Å². The van der Waals surface area contributed by atoms with E-state index in [4.69, 9.17) is 10.2 Å². The Morgan fingerprint density at radius 1 is 0.938 bits per heavy atom. The molecule has 0 fully saturated rings. The number of hydrogen-bond acceptors (Lipinski definition) is 2. The Morgan fingerprint density at radius 2 is 1.19 bits per heavy atom. The molecule has 0 heterocycles. The minimum atomic E-state index is -1.12. The largest absolute Gasteiger partial charge is 0.478 e. The van der Waals surface area contributed by atoms with Gasteiger partial charge in [-0.3, -0.25) is 0 Å². The second-order valence-corrected chi connectivity index (χ2v) is 4.13. The van der Waals surface area contributed by atoms with Gasteiger partial charge in [-0.1, -0.05) is 0 Å². The molecule has 0 saturated carbocycles. The van der Waals surface area contributed by atoms with Crippen molar-refractivity contribution in [3.05, 3.63) is 45.4 Å². The van der Waals surface area contributed by atoms with Crippen LogP contribution in [0.25, 0.3) is 0 Å². The maximum absolute atomic E-state index is 10.7. The molecular formula is C10H8Br2O4. The van der Waals surface area contributed by atoms with Crippen molar-refractivity contribution < 1.29 is 19.8 Å². The number of rotatable bonds is 2. The van der Waals surface area contributed by atoms with Crippen LogP contribution in [-0.2, 0) is 0 Å². The SMILES string of the molecule is C=C.O=C(O)c1cc(Br)c(C(=O)O)cc1Br. The van der Waals surface area contributed by atoms with Crippen molar-refractivity contribution in [3.8, 4) is 0 Å². The summed E-state index contributed by atoms with van der Waals surface area (Å²) in [5.41, 5.74) is 0.0313. The third-order valence-electron chi connectivity index (χ3n) is 1.52. The number of hydrogen-bond donors (Lipinski definition) is 2. The van der Waals surface area contributed by atoms with E-state index in [9.17, 15) is 9.59 Å². The van der Waals surface area contributed by atoms with Gasteiger partial charge in [0.1, 0.15) is 0 Å². The standard InChI is InChI=1S/C8H4Br2O4.C2H4/c9-5-1-3(7(11)12)6(10)2-4(5)8(13)14;1-2/h1-2H,(H,11,12)(H,13,14);1-2H2. The molecule has 0 saturated heterocycles. The van der Waals surface area contributed by atoms with Gasteiger partial charge in [-0.05, 0) is 44.0 Å². The summed E-state index contributed by atoms with van der Waals surface area (Å²) in [5.74, 6) is -2.23. The molecule has 1 rings (SSSR count). The Balaban J connectivity index is 0.00000106. The molecule has 16 heavy (non-hydrogen) atoms. The number of carboxylic acids is 2.